The van der Waals surface area contributed by atoms with Crippen LogP contribution in [0.15, 0.2) is 18.2 Å². The lowest BCUT2D eigenvalue weighted by Gasteiger charge is -2.16. The molecule has 2 rings (SSSR count). The minimum absolute atomic E-state index is 0.0561. The van der Waals surface area contributed by atoms with Gasteiger partial charge < -0.3 is 14.9 Å². The van der Waals surface area contributed by atoms with Gasteiger partial charge in [-0.05, 0) is 37.3 Å². The van der Waals surface area contributed by atoms with Gasteiger partial charge in [-0.3, -0.25) is 4.79 Å². The number of phenolic OH excluding ortho intramolecular Hbond substituents is 1. The first-order valence-corrected chi connectivity index (χ1v) is 5.76. The topological polar surface area (TPSA) is 66.8 Å². The highest BCUT2D eigenvalue weighted by atomic mass is 16.5. The first-order chi connectivity index (χ1) is 8.08. The molecular formula is C13H16O4. The molecule has 1 saturated carbocycles. The number of benzene rings is 1. The highest BCUT2D eigenvalue weighted by Crippen LogP contribution is 2.43. The van der Waals surface area contributed by atoms with Crippen molar-refractivity contribution in [1.29, 1.82) is 0 Å². The SMILES string of the molecule is CC(=O)Oc1cccc(O)c1C1CCC(O)C1. The van der Waals surface area contributed by atoms with Crippen molar-refractivity contribution in [2.45, 2.75) is 38.2 Å². The Balaban J connectivity index is 2.33. The van der Waals surface area contributed by atoms with Crippen molar-refractivity contribution in [2.75, 3.05) is 0 Å². The van der Waals surface area contributed by atoms with E-state index in [1.165, 1.54) is 6.92 Å². The van der Waals surface area contributed by atoms with Crippen molar-refractivity contribution >= 4 is 5.97 Å². The lowest BCUT2D eigenvalue weighted by Crippen LogP contribution is -2.06. The standard InChI is InChI=1S/C13H16O4/c1-8(14)17-12-4-2-3-11(16)13(12)9-5-6-10(15)7-9/h2-4,9-10,15-16H,5-7H2,1H3. The number of phenols is 1. The van der Waals surface area contributed by atoms with Crippen LogP contribution in [-0.4, -0.2) is 22.3 Å². The molecule has 17 heavy (non-hydrogen) atoms. The second kappa shape index (κ2) is 4.75. The summed E-state index contributed by atoms with van der Waals surface area (Å²) in [5.41, 5.74) is 0.638. The Morgan fingerprint density at radius 3 is 2.76 bits per heavy atom. The number of esters is 1. The largest absolute Gasteiger partial charge is 0.508 e. The molecule has 1 aliphatic carbocycles. The monoisotopic (exact) mass is 236 g/mol. The van der Waals surface area contributed by atoms with Crippen LogP contribution in [0, 0.1) is 0 Å². The molecule has 2 atom stereocenters. The molecule has 1 aliphatic rings. The number of aliphatic hydroxyl groups is 1. The van der Waals surface area contributed by atoms with Gasteiger partial charge in [-0.25, -0.2) is 0 Å². The number of aliphatic hydroxyl groups excluding tert-OH is 1. The minimum atomic E-state index is -0.407. The number of aromatic hydroxyl groups is 1. The predicted molar refractivity (Wildman–Crippen MR) is 62.0 cm³/mol. The average molecular weight is 236 g/mol. The van der Waals surface area contributed by atoms with Gasteiger partial charge in [0.2, 0.25) is 0 Å². The Kier molecular flexibility index (Phi) is 3.33. The van der Waals surface area contributed by atoms with E-state index in [1.54, 1.807) is 18.2 Å². The fourth-order valence-electron chi connectivity index (χ4n) is 2.41. The minimum Gasteiger partial charge on any atom is -0.508 e. The number of ether oxygens (including phenoxy) is 1. The first kappa shape index (κ1) is 11.9. The molecule has 2 N–H and O–H groups in total. The van der Waals surface area contributed by atoms with Crippen LogP contribution in [0.2, 0.25) is 0 Å². The smallest absolute Gasteiger partial charge is 0.308 e. The van der Waals surface area contributed by atoms with Crippen molar-refractivity contribution in [3.8, 4) is 11.5 Å². The summed E-state index contributed by atoms with van der Waals surface area (Å²) < 4.78 is 5.09. The maximum absolute atomic E-state index is 11.0. The van der Waals surface area contributed by atoms with Crippen LogP contribution in [0.1, 0.15) is 37.7 Å². The van der Waals surface area contributed by atoms with Crippen LogP contribution in [0.4, 0.5) is 0 Å². The normalized spacial score (nSPS) is 23.6. The molecule has 0 saturated heterocycles. The molecule has 0 aromatic heterocycles. The Morgan fingerprint density at radius 1 is 1.41 bits per heavy atom. The summed E-state index contributed by atoms with van der Waals surface area (Å²) in [5.74, 6) is 0.176. The number of rotatable bonds is 2. The molecule has 1 aromatic rings. The molecule has 0 bridgehead atoms. The highest BCUT2D eigenvalue weighted by molar-refractivity contribution is 5.70. The molecule has 1 fully saturated rings. The third kappa shape index (κ3) is 2.58. The lowest BCUT2D eigenvalue weighted by atomic mass is 9.95. The van der Waals surface area contributed by atoms with E-state index in [0.29, 0.717) is 17.7 Å². The Labute approximate surface area is 99.8 Å². The third-order valence-corrected chi connectivity index (χ3v) is 3.11. The van der Waals surface area contributed by atoms with Gasteiger partial charge in [0.15, 0.2) is 0 Å². The number of hydrogen-bond acceptors (Lipinski definition) is 4. The number of carbonyl (C=O) groups excluding carboxylic acids is 1. The van der Waals surface area contributed by atoms with Gasteiger partial charge in [-0.1, -0.05) is 6.07 Å². The van der Waals surface area contributed by atoms with E-state index in [1.807, 2.05) is 0 Å². The van der Waals surface area contributed by atoms with E-state index in [4.69, 9.17) is 4.74 Å². The predicted octanol–water partition coefficient (Wildman–Crippen LogP) is 1.95. The van der Waals surface area contributed by atoms with Crippen molar-refractivity contribution in [3.63, 3.8) is 0 Å². The molecule has 0 radical (unpaired) electrons. The van der Waals surface area contributed by atoms with Gasteiger partial charge in [-0.2, -0.15) is 0 Å². The van der Waals surface area contributed by atoms with Crippen LogP contribution in [0.25, 0.3) is 0 Å². The fraction of sp³-hybridized carbons (Fsp3) is 0.462. The Hall–Kier alpha value is -1.55. The van der Waals surface area contributed by atoms with Gasteiger partial charge in [0, 0.05) is 12.5 Å². The van der Waals surface area contributed by atoms with E-state index >= 15 is 0 Å². The second-order valence-electron chi connectivity index (χ2n) is 4.45. The Morgan fingerprint density at radius 2 is 2.18 bits per heavy atom. The second-order valence-corrected chi connectivity index (χ2v) is 4.45. The maximum atomic E-state index is 11.0. The molecule has 0 heterocycles. The Bertz CT molecular complexity index is 427. The highest BCUT2D eigenvalue weighted by Gasteiger charge is 2.29. The summed E-state index contributed by atoms with van der Waals surface area (Å²) in [6.45, 7) is 1.33. The number of carbonyl (C=O) groups is 1. The molecule has 1 aromatic carbocycles. The van der Waals surface area contributed by atoms with Crippen molar-refractivity contribution in [2.24, 2.45) is 0 Å². The molecular weight excluding hydrogens is 220 g/mol. The fourth-order valence-corrected chi connectivity index (χ4v) is 2.41. The molecule has 0 aliphatic heterocycles. The van der Waals surface area contributed by atoms with Crippen LogP contribution in [0.5, 0.6) is 11.5 Å². The zero-order chi connectivity index (χ0) is 12.4. The van der Waals surface area contributed by atoms with E-state index in [9.17, 15) is 15.0 Å². The molecule has 4 heteroatoms. The molecule has 0 amide bonds. The van der Waals surface area contributed by atoms with Gasteiger partial charge in [0.25, 0.3) is 0 Å². The summed E-state index contributed by atoms with van der Waals surface area (Å²) >= 11 is 0. The van der Waals surface area contributed by atoms with E-state index in [-0.39, 0.29) is 17.8 Å². The van der Waals surface area contributed by atoms with Crippen LogP contribution >= 0.6 is 0 Å². The summed E-state index contributed by atoms with van der Waals surface area (Å²) in [6, 6.07) is 4.89. The summed E-state index contributed by atoms with van der Waals surface area (Å²) in [5, 5.41) is 19.4. The lowest BCUT2D eigenvalue weighted by molar-refractivity contribution is -0.131. The average Bonchev–Trinajstić information content (AvgIpc) is 2.64. The first-order valence-electron chi connectivity index (χ1n) is 5.76. The van der Waals surface area contributed by atoms with E-state index in [0.717, 1.165) is 12.8 Å². The maximum Gasteiger partial charge on any atom is 0.308 e. The van der Waals surface area contributed by atoms with E-state index < -0.39 is 5.97 Å². The zero-order valence-electron chi connectivity index (χ0n) is 9.72. The van der Waals surface area contributed by atoms with E-state index in [2.05, 4.69) is 0 Å². The van der Waals surface area contributed by atoms with Crippen molar-refractivity contribution in [3.05, 3.63) is 23.8 Å². The van der Waals surface area contributed by atoms with Gasteiger partial charge in [0.05, 0.1) is 6.10 Å². The van der Waals surface area contributed by atoms with Gasteiger partial charge in [0.1, 0.15) is 11.5 Å². The van der Waals surface area contributed by atoms with Crippen LogP contribution < -0.4 is 4.74 Å². The quantitative estimate of drug-likeness (QED) is 0.608. The van der Waals surface area contributed by atoms with Gasteiger partial charge >= 0.3 is 5.97 Å². The van der Waals surface area contributed by atoms with Gasteiger partial charge in [-0.15, -0.1) is 0 Å². The zero-order valence-corrected chi connectivity index (χ0v) is 9.72. The van der Waals surface area contributed by atoms with Crippen molar-refractivity contribution < 1.29 is 19.7 Å². The van der Waals surface area contributed by atoms with Crippen LogP contribution in [0.3, 0.4) is 0 Å². The third-order valence-electron chi connectivity index (χ3n) is 3.11. The summed E-state index contributed by atoms with van der Waals surface area (Å²) in [7, 11) is 0. The number of hydrogen-bond donors (Lipinski definition) is 2. The molecule has 4 nitrogen and oxygen atoms in total. The molecule has 92 valence electrons. The molecule has 0 spiro atoms. The van der Waals surface area contributed by atoms with Crippen molar-refractivity contribution in [1.82, 2.24) is 0 Å². The molecule has 2 unspecified atom stereocenters. The summed E-state index contributed by atoms with van der Waals surface area (Å²) in [6.07, 6.45) is 1.79. The summed E-state index contributed by atoms with van der Waals surface area (Å²) in [4.78, 5) is 11.0. The van der Waals surface area contributed by atoms with Crippen LogP contribution in [-0.2, 0) is 4.79 Å².